The highest BCUT2D eigenvalue weighted by Gasteiger charge is 2.15. The van der Waals surface area contributed by atoms with Crippen LogP contribution in [0, 0.1) is 6.92 Å². The second-order valence-corrected chi connectivity index (χ2v) is 6.83. The number of aryl methyl sites for hydroxylation is 1. The van der Waals surface area contributed by atoms with E-state index in [2.05, 4.69) is 5.32 Å². The molecule has 0 saturated carbocycles. The van der Waals surface area contributed by atoms with E-state index in [0.29, 0.717) is 5.02 Å². The number of aromatic nitrogens is 2. The summed E-state index contributed by atoms with van der Waals surface area (Å²) in [6.07, 6.45) is 0. The number of para-hydroxylation sites is 1. The fourth-order valence-corrected chi connectivity index (χ4v) is 3.29. The number of nitrogens with zero attached hydrogens (tertiary/aromatic N) is 2. The lowest BCUT2D eigenvalue weighted by Crippen LogP contribution is -2.20. The zero-order valence-corrected chi connectivity index (χ0v) is 15.6. The second kappa shape index (κ2) is 7.25. The van der Waals surface area contributed by atoms with Crippen LogP contribution in [0.15, 0.2) is 72.8 Å². The van der Waals surface area contributed by atoms with Gasteiger partial charge in [0.05, 0.1) is 5.52 Å². The molecule has 4 nitrogen and oxygen atoms in total. The van der Waals surface area contributed by atoms with Gasteiger partial charge in [0.2, 0.25) is 5.91 Å². The van der Waals surface area contributed by atoms with Gasteiger partial charge in [0, 0.05) is 21.7 Å². The van der Waals surface area contributed by atoms with Crippen LogP contribution in [0.4, 0.5) is 5.69 Å². The summed E-state index contributed by atoms with van der Waals surface area (Å²) in [6.45, 7) is 2.09. The molecule has 3 aromatic carbocycles. The zero-order valence-electron chi connectivity index (χ0n) is 14.8. The van der Waals surface area contributed by atoms with E-state index in [1.807, 2.05) is 79.7 Å². The summed E-state index contributed by atoms with van der Waals surface area (Å²) < 4.78 is 1.72. The monoisotopic (exact) mass is 375 g/mol. The number of benzene rings is 3. The lowest BCUT2D eigenvalue weighted by atomic mass is 10.1. The van der Waals surface area contributed by atoms with Crippen LogP contribution in [0.2, 0.25) is 5.02 Å². The molecule has 5 heteroatoms. The predicted octanol–water partition coefficient (Wildman–Crippen LogP) is 5.30. The summed E-state index contributed by atoms with van der Waals surface area (Å²) in [4.78, 5) is 12.6. The summed E-state index contributed by atoms with van der Waals surface area (Å²) in [7, 11) is 0. The maximum absolute atomic E-state index is 12.6. The summed E-state index contributed by atoms with van der Waals surface area (Å²) in [5.41, 5.74) is 4.51. The Bertz CT molecular complexity index is 1120. The quantitative estimate of drug-likeness (QED) is 0.525. The predicted molar refractivity (Wildman–Crippen MR) is 110 cm³/mol. The molecular weight excluding hydrogens is 358 g/mol. The van der Waals surface area contributed by atoms with E-state index < -0.39 is 0 Å². The molecule has 1 N–H and O–H groups in total. The first kappa shape index (κ1) is 17.3. The Morgan fingerprint density at radius 3 is 2.56 bits per heavy atom. The minimum atomic E-state index is -0.122. The van der Waals surface area contributed by atoms with Gasteiger partial charge < -0.3 is 5.32 Å². The first-order chi connectivity index (χ1) is 13.1. The van der Waals surface area contributed by atoms with E-state index in [0.717, 1.165) is 33.4 Å². The Morgan fingerprint density at radius 1 is 1.04 bits per heavy atom. The highest BCUT2D eigenvalue weighted by Crippen LogP contribution is 2.30. The number of anilines is 1. The van der Waals surface area contributed by atoms with Crippen LogP contribution in [0.25, 0.3) is 22.2 Å². The molecule has 1 amide bonds. The van der Waals surface area contributed by atoms with Crippen LogP contribution in [0.3, 0.4) is 0 Å². The minimum absolute atomic E-state index is 0.122. The normalized spacial score (nSPS) is 10.9. The maximum atomic E-state index is 12.6. The van der Waals surface area contributed by atoms with Gasteiger partial charge in [-0.05, 0) is 36.8 Å². The van der Waals surface area contributed by atoms with Gasteiger partial charge in [0.25, 0.3) is 0 Å². The molecule has 0 unspecified atom stereocenters. The molecule has 1 aromatic heterocycles. The smallest absolute Gasteiger partial charge is 0.246 e. The molecule has 27 heavy (non-hydrogen) atoms. The molecule has 0 aliphatic rings. The van der Waals surface area contributed by atoms with Crippen molar-refractivity contribution in [3.63, 3.8) is 0 Å². The van der Waals surface area contributed by atoms with Crippen LogP contribution in [-0.2, 0) is 11.3 Å². The molecule has 0 aliphatic carbocycles. The van der Waals surface area contributed by atoms with Gasteiger partial charge in [0.1, 0.15) is 12.2 Å². The van der Waals surface area contributed by atoms with E-state index in [1.165, 1.54) is 0 Å². The number of halogens is 1. The molecule has 134 valence electrons. The van der Waals surface area contributed by atoms with Gasteiger partial charge in [-0.1, -0.05) is 60.1 Å². The molecule has 0 fully saturated rings. The number of nitrogens with one attached hydrogen (secondary N) is 1. The Labute approximate surface area is 162 Å². The van der Waals surface area contributed by atoms with E-state index in [1.54, 1.807) is 4.68 Å². The van der Waals surface area contributed by atoms with Crippen molar-refractivity contribution in [1.82, 2.24) is 9.78 Å². The van der Waals surface area contributed by atoms with Crippen molar-refractivity contribution in [3.05, 3.63) is 83.4 Å². The molecule has 4 aromatic rings. The molecule has 0 aliphatic heterocycles. The fourth-order valence-electron chi connectivity index (χ4n) is 3.12. The van der Waals surface area contributed by atoms with Crippen molar-refractivity contribution in [2.24, 2.45) is 0 Å². The number of hydrogen-bond donors (Lipinski definition) is 1. The summed E-state index contributed by atoms with van der Waals surface area (Å²) in [6, 6.07) is 23.2. The first-order valence-corrected chi connectivity index (χ1v) is 9.06. The van der Waals surface area contributed by atoms with Crippen molar-refractivity contribution in [2.75, 3.05) is 5.32 Å². The standard InChI is InChI=1S/C22H18ClN3O/c1-15-7-5-6-10-19(15)24-21(27)14-26-20-12-11-17(23)13-18(20)22(25-26)16-8-3-2-4-9-16/h2-13H,14H2,1H3,(H,24,27). The van der Waals surface area contributed by atoms with Crippen LogP contribution in [0.5, 0.6) is 0 Å². The van der Waals surface area contributed by atoms with Crippen molar-refractivity contribution in [3.8, 4) is 11.3 Å². The van der Waals surface area contributed by atoms with Crippen LogP contribution in [0.1, 0.15) is 5.56 Å². The SMILES string of the molecule is Cc1ccccc1NC(=O)Cn1nc(-c2ccccc2)c2cc(Cl)ccc21. The van der Waals surface area contributed by atoms with Crippen molar-refractivity contribution >= 4 is 34.1 Å². The third kappa shape index (κ3) is 3.57. The van der Waals surface area contributed by atoms with Gasteiger partial charge in [-0.25, -0.2) is 0 Å². The van der Waals surface area contributed by atoms with E-state index >= 15 is 0 Å². The van der Waals surface area contributed by atoms with Crippen molar-refractivity contribution in [2.45, 2.75) is 13.5 Å². The number of hydrogen-bond acceptors (Lipinski definition) is 2. The fraction of sp³-hybridized carbons (Fsp3) is 0.0909. The maximum Gasteiger partial charge on any atom is 0.246 e. The number of amides is 1. The van der Waals surface area contributed by atoms with Gasteiger partial charge >= 0.3 is 0 Å². The highest BCUT2D eigenvalue weighted by molar-refractivity contribution is 6.31. The van der Waals surface area contributed by atoms with Crippen molar-refractivity contribution < 1.29 is 4.79 Å². The number of fused-ring (bicyclic) bond motifs is 1. The summed E-state index contributed by atoms with van der Waals surface area (Å²) in [5.74, 6) is -0.122. The molecule has 0 spiro atoms. The number of rotatable bonds is 4. The molecule has 4 rings (SSSR count). The van der Waals surface area contributed by atoms with Gasteiger partial charge in [-0.3, -0.25) is 9.48 Å². The lowest BCUT2D eigenvalue weighted by Gasteiger charge is -2.08. The van der Waals surface area contributed by atoms with E-state index in [-0.39, 0.29) is 12.5 Å². The molecular formula is C22H18ClN3O. The van der Waals surface area contributed by atoms with Gasteiger partial charge in [-0.2, -0.15) is 5.10 Å². The van der Waals surface area contributed by atoms with E-state index in [4.69, 9.17) is 16.7 Å². The third-order valence-electron chi connectivity index (χ3n) is 4.47. The average Bonchev–Trinajstić information content (AvgIpc) is 3.02. The van der Waals surface area contributed by atoms with Gasteiger partial charge in [0.15, 0.2) is 0 Å². The lowest BCUT2D eigenvalue weighted by molar-refractivity contribution is -0.116. The Hall–Kier alpha value is -3.11. The average molecular weight is 376 g/mol. The molecule has 0 atom stereocenters. The molecule has 0 bridgehead atoms. The van der Waals surface area contributed by atoms with Gasteiger partial charge in [-0.15, -0.1) is 0 Å². The molecule has 1 heterocycles. The summed E-state index contributed by atoms with van der Waals surface area (Å²) >= 11 is 6.20. The molecule has 0 radical (unpaired) electrons. The van der Waals surface area contributed by atoms with E-state index in [9.17, 15) is 4.79 Å². The topological polar surface area (TPSA) is 46.9 Å². The first-order valence-electron chi connectivity index (χ1n) is 8.69. The Morgan fingerprint density at radius 2 is 1.78 bits per heavy atom. The second-order valence-electron chi connectivity index (χ2n) is 6.40. The molecule has 0 saturated heterocycles. The van der Waals surface area contributed by atoms with Crippen LogP contribution < -0.4 is 5.32 Å². The van der Waals surface area contributed by atoms with Crippen LogP contribution in [-0.4, -0.2) is 15.7 Å². The van der Waals surface area contributed by atoms with Crippen LogP contribution >= 0.6 is 11.6 Å². The number of carbonyl (C=O) groups is 1. The highest BCUT2D eigenvalue weighted by atomic mass is 35.5. The summed E-state index contributed by atoms with van der Waals surface area (Å²) in [5, 5.41) is 9.23. The Balaban J connectivity index is 1.70. The third-order valence-corrected chi connectivity index (χ3v) is 4.71. The zero-order chi connectivity index (χ0) is 18.8. The minimum Gasteiger partial charge on any atom is -0.324 e. The Kier molecular flexibility index (Phi) is 4.65. The number of carbonyl (C=O) groups excluding carboxylic acids is 1. The van der Waals surface area contributed by atoms with Crippen molar-refractivity contribution in [1.29, 1.82) is 0 Å². The largest absolute Gasteiger partial charge is 0.324 e.